The van der Waals surface area contributed by atoms with Gasteiger partial charge in [-0.15, -0.1) is 0 Å². The molecule has 0 atom stereocenters. The van der Waals surface area contributed by atoms with Crippen LogP contribution in [0.25, 0.3) is 0 Å². The van der Waals surface area contributed by atoms with Gasteiger partial charge in [-0.25, -0.2) is 0 Å². The zero-order chi connectivity index (χ0) is 8.32. The predicted octanol–water partition coefficient (Wildman–Crippen LogP) is 0.652. The molecule has 0 saturated heterocycles. The van der Waals surface area contributed by atoms with Crippen molar-refractivity contribution in [3.05, 3.63) is 0 Å². The van der Waals surface area contributed by atoms with Gasteiger partial charge >= 0.3 is 0 Å². The molecule has 1 aliphatic rings. The first kappa shape index (κ1) is 8.55. The highest BCUT2D eigenvalue weighted by molar-refractivity contribution is 5.01. The minimum atomic E-state index is -0.0769. The zero-order valence-corrected chi connectivity index (χ0v) is 7.43. The lowest BCUT2D eigenvalue weighted by atomic mass is 9.78. The zero-order valence-electron chi connectivity index (χ0n) is 7.43. The second-order valence-corrected chi connectivity index (χ2v) is 3.74. The molecule has 1 saturated carbocycles. The smallest absolute Gasteiger partial charge is 0.183 e. The van der Waals surface area contributed by atoms with Gasteiger partial charge in [-0.1, -0.05) is 6.92 Å². The van der Waals surface area contributed by atoms with E-state index in [4.69, 9.17) is 5.26 Å². The third-order valence-electron chi connectivity index (χ3n) is 2.94. The fourth-order valence-electron chi connectivity index (χ4n) is 1.74. The van der Waals surface area contributed by atoms with Crippen LogP contribution in [0, 0.1) is 17.2 Å². The normalized spacial score (nSPS) is 38.1. The monoisotopic (exact) mass is 153 g/mol. The van der Waals surface area contributed by atoms with E-state index in [1.165, 1.54) is 12.8 Å². The van der Waals surface area contributed by atoms with Crippen LogP contribution in [0.5, 0.6) is 0 Å². The fraction of sp³-hybridized carbons (Fsp3) is 0.889. The van der Waals surface area contributed by atoms with Crippen molar-refractivity contribution in [2.45, 2.75) is 38.1 Å². The molecular formula is C9H17N2+. The molecule has 0 aliphatic heterocycles. The average molecular weight is 153 g/mol. The van der Waals surface area contributed by atoms with E-state index in [1.54, 1.807) is 0 Å². The maximum absolute atomic E-state index is 8.95. The maximum atomic E-state index is 8.95. The van der Waals surface area contributed by atoms with Crippen molar-refractivity contribution >= 4 is 0 Å². The highest BCUT2D eigenvalue weighted by Crippen LogP contribution is 2.28. The maximum Gasteiger partial charge on any atom is 0.183 e. The Morgan fingerprint density at radius 1 is 1.45 bits per heavy atom. The molecule has 1 aliphatic carbocycles. The molecule has 2 heteroatoms. The Bertz CT molecular complexity index is 161. The predicted molar refractivity (Wildman–Crippen MR) is 43.8 cm³/mol. The lowest BCUT2D eigenvalue weighted by Crippen LogP contribution is -2.93. The molecule has 0 spiro atoms. The minimum Gasteiger partial charge on any atom is -0.332 e. The van der Waals surface area contributed by atoms with Crippen LogP contribution in [-0.2, 0) is 0 Å². The summed E-state index contributed by atoms with van der Waals surface area (Å²) in [5.74, 6) is 0.830. The minimum absolute atomic E-state index is 0.0769. The van der Waals surface area contributed by atoms with E-state index in [2.05, 4.69) is 18.3 Å². The van der Waals surface area contributed by atoms with Gasteiger partial charge in [0, 0.05) is 12.8 Å². The molecule has 0 aromatic heterocycles. The molecular weight excluding hydrogens is 136 g/mol. The number of rotatable bonds is 1. The summed E-state index contributed by atoms with van der Waals surface area (Å²) in [6.45, 7) is 2.27. The Balaban J connectivity index is 2.54. The van der Waals surface area contributed by atoms with Crippen molar-refractivity contribution in [3.63, 3.8) is 0 Å². The molecule has 2 N–H and O–H groups in total. The van der Waals surface area contributed by atoms with Crippen molar-refractivity contribution < 1.29 is 5.32 Å². The van der Waals surface area contributed by atoms with E-state index < -0.39 is 0 Å². The van der Waals surface area contributed by atoms with Crippen molar-refractivity contribution in [2.24, 2.45) is 5.92 Å². The van der Waals surface area contributed by atoms with Crippen molar-refractivity contribution in [1.29, 1.82) is 5.26 Å². The summed E-state index contributed by atoms with van der Waals surface area (Å²) in [6.07, 6.45) is 4.58. The topological polar surface area (TPSA) is 40.4 Å². The van der Waals surface area contributed by atoms with Crippen LogP contribution in [-0.4, -0.2) is 12.6 Å². The summed E-state index contributed by atoms with van der Waals surface area (Å²) >= 11 is 0. The summed E-state index contributed by atoms with van der Waals surface area (Å²) in [5, 5.41) is 11.0. The molecule has 2 nitrogen and oxygen atoms in total. The number of hydrogen-bond donors (Lipinski definition) is 1. The molecule has 0 heterocycles. The first-order chi connectivity index (χ1) is 5.22. The van der Waals surface area contributed by atoms with Crippen molar-refractivity contribution in [2.75, 3.05) is 7.05 Å². The van der Waals surface area contributed by atoms with Gasteiger partial charge in [0.1, 0.15) is 6.07 Å². The number of nitrogens with zero attached hydrogens (tertiary/aromatic N) is 1. The van der Waals surface area contributed by atoms with Gasteiger partial charge in [0.25, 0.3) is 0 Å². The summed E-state index contributed by atoms with van der Waals surface area (Å²) in [5.41, 5.74) is -0.0769. The van der Waals surface area contributed by atoms with Gasteiger partial charge in [0.15, 0.2) is 5.54 Å². The van der Waals surface area contributed by atoms with E-state index >= 15 is 0 Å². The molecule has 0 aromatic rings. The average Bonchev–Trinajstić information content (AvgIpc) is 2.07. The van der Waals surface area contributed by atoms with Crippen LogP contribution in [0.3, 0.4) is 0 Å². The summed E-state index contributed by atoms with van der Waals surface area (Å²) < 4.78 is 0. The number of nitriles is 1. The molecule has 1 fully saturated rings. The van der Waals surface area contributed by atoms with Crippen molar-refractivity contribution in [1.82, 2.24) is 0 Å². The van der Waals surface area contributed by atoms with Crippen LogP contribution < -0.4 is 5.32 Å². The number of hydrogen-bond acceptors (Lipinski definition) is 1. The van der Waals surface area contributed by atoms with Gasteiger partial charge in [-0.2, -0.15) is 5.26 Å². The molecule has 0 amide bonds. The standard InChI is InChI=1S/C9H16N2/c1-8-3-5-9(7-10,11-2)6-4-8/h8,11H,3-6H2,1-2H3/p+1. The Labute approximate surface area is 68.6 Å². The number of quaternary nitrogens is 1. The highest BCUT2D eigenvalue weighted by atomic mass is 14.9. The van der Waals surface area contributed by atoms with Crippen molar-refractivity contribution in [3.8, 4) is 6.07 Å². The Morgan fingerprint density at radius 2 is 2.00 bits per heavy atom. The van der Waals surface area contributed by atoms with Crippen LogP contribution >= 0.6 is 0 Å². The molecule has 0 radical (unpaired) electrons. The van der Waals surface area contributed by atoms with Crippen LogP contribution in [0.15, 0.2) is 0 Å². The summed E-state index contributed by atoms with van der Waals surface area (Å²) in [4.78, 5) is 0. The highest BCUT2D eigenvalue weighted by Gasteiger charge is 2.35. The van der Waals surface area contributed by atoms with Gasteiger partial charge in [-0.3, -0.25) is 0 Å². The SMILES string of the molecule is C[NH2+]C1(C#N)CCC(C)CC1. The number of nitrogens with two attached hydrogens (primary N) is 1. The van der Waals surface area contributed by atoms with Gasteiger partial charge in [0.05, 0.1) is 7.05 Å². The molecule has 1 rings (SSSR count). The largest absolute Gasteiger partial charge is 0.332 e. The van der Waals surface area contributed by atoms with Crippen LogP contribution in [0.1, 0.15) is 32.6 Å². The fourth-order valence-corrected chi connectivity index (χ4v) is 1.74. The second-order valence-electron chi connectivity index (χ2n) is 3.74. The van der Waals surface area contributed by atoms with Crippen LogP contribution in [0.4, 0.5) is 0 Å². The molecule has 62 valence electrons. The lowest BCUT2D eigenvalue weighted by molar-refractivity contribution is -0.692. The van der Waals surface area contributed by atoms with E-state index in [1.807, 2.05) is 7.05 Å². The first-order valence-electron chi connectivity index (χ1n) is 4.44. The Kier molecular flexibility index (Phi) is 2.51. The lowest BCUT2D eigenvalue weighted by Gasteiger charge is -2.30. The third kappa shape index (κ3) is 1.72. The third-order valence-corrected chi connectivity index (χ3v) is 2.94. The quantitative estimate of drug-likeness (QED) is 0.590. The van der Waals surface area contributed by atoms with Crippen LogP contribution in [0.2, 0.25) is 0 Å². The molecule has 0 unspecified atom stereocenters. The first-order valence-corrected chi connectivity index (χ1v) is 4.44. The van der Waals surface area contributed by atoms with E-state index in [9.17, 15) is 0 Å². The molecule has 11 heavy (non-hydrogen) atoms. The summed E-state index contributed by atoms with van der Waals surface area (Å²) in [6, 6.07) is 2.43. The van der Waals surface area contributed by atoms with Gasteiger partial charge < -0.3 is 5.32 Å². The van der Waals surface area contributed by atoms with E-state index in [0.717, 1.165) is 18.8 Å². The van der Waals surface area contributed by atoms with E-state index in [0.29, 0.717) is 0 Å². The second kappa shape index (κ2) is 3.23. The molecule has 0 bridgehead atoms. The molecule has 0 aromatic carbocycles. The Morgan fingerprint density at radius 3 is 2.36 bits per heavy atom. The van der Waals surface area contributed by atoms with E-state index in [-0.39, 0.29) is 5.54 Å². The van der Waals surface area contributed by atoms with Gasteiger partial charge in [0.2, 0.25) is 0 Å². The van der Waals surface area contributed by atoms with Gasteiger partial charge in [-0.05, 0) is 18.8 Å². The Hall–Kier alpha value is -0.550. The summed E-state index contributed by atoms with van der Waals surface area (Å²) in [7, 11) is 2.01.